The number of aliphatic hydroxyl groups excluding tert-OH is 1. The summed E-state index contributed by atoms with van der Waals surface area (Å²) in [5, 5.41) is 10.7. The number of hydrogen-bond acceptors (Lipinski definition) is 8. The summed E-state index contributed by atoms with van der Waals surface area (Å²) in [5.74, 6) is -5.08. The summed E-state index contributed by atoms with van der Waals surface area (Å²) in [6, 6.07) is 6.51. The lowest BCUT2D eigenvalue weighted by Crippen LogP contribution is -2.60. The zero-order valence-corrected chi connectivity index (χ0v) is 17.8. The minimum absolute atomic E-state index is 0.00400. The van der Waals surface area contributed by atoms with E-state index in [9.17, 15) is 24.3 Å². The van der Waals surface area contributed by atoms with Gasteiger partial charge in [-0.2, -0.15) is 0 Å². The number of methoxy groups -OCH3 is 1. The molecule has 31 heavy (non-hydrogen) atoms. The summed E-state index contributed by atoms with van der Waals surface area (Å²) < 4.78 is 15.9. The minimum Gasteiger partial charge on any atom is -0.512 e. The van der Waals surface area contributed by atoms with Crippen LogP contribution < -0.4 is 4.90 Å². The number of rotatable bonds is 5. The molecule has 1 heterocycles. The summed E-state index contributed by atoms with van der Waals surface area (Å²) in [5.41, 5.74) is -1.52. The number of anilines is 1. The number of ether oxygens (including phenoxy) is 3. The fraction of sp³-hybridized carbons (Fsp3) is 0.455. The first-order valence-electron chi connectivity index (χ1n) is 10.00. The zero-order chi connectivity index (χ0) is 22.9. The van der Waals surface area contributed by atoms with E-state index in [0.29, 0.717) is 11.3 Å². The van der Waals surface area contributed by atoms with Gasteiger partial charge in [-0.25, -0.2) is 9.69 Å². The summed E-state index contributed by atoms with van der Waals surface area (Å²) >= 11 is 0. The first kappa shape index (κ1) is 22.5. The molecule has 2 amide bonds. The smallest absolute Gasteiger partial charge is 0.338 e. The molecule has 0 radical (unpaired) electrons. The quantitative estimate of drug-likeness (QED) is 0.701. The van der Waals surface area contributed by atoms with Gasteiger partial charge in [-0.1, -0.05) is 18.2 Å². The molecule has 3 unspecified atom stereocenters. The molecule has 2 aliphatic rings. The minimum atomic E-state index is -1.79. The maximum atomic E-state index is 13.9. The Kier molecular flexibility index (Phi) is 6.17. The third kappa shape index (κ3) is 3.20. The molecule has 1 N–H and O–H groups in total. The van der Waals surface area contributed by atoms with Crippen molar-refractivity contribution in [1.29, 1.82) is 0 Å². The van der Waals surface area contributed by atoms with Crippen LogP contribution in [0.15, 0.2) is 35.6 Å². The SMILES string of the molecule is CCOC(=O)C1=C(O)CC(OC)C2(C(=O)N(C(C)=O)c3ccccc32)C1C(=O)OCC. The van der Waals surface area contributed by atoms with Gasteiger partial charge in [0.25, 0.3) is 0 Å². The van der Waals surface area contributed by atoms with E-state index in [0.717, 1.165) is 4.90 Å². The summed E-state index contributed by atoms with van der Waals surface area (Å²) in [6.45, 7) is 4.37. The number of para-hydroxylation sites is 1. The van der Waals surface area contributed by atoms with Crippen molar-refractivity contribution < 1.29 is 38.5 Å². The van der Waals surface area contributed by atoms with Crippen LogP contribution in [-0.4, -0.2) is 55.3 Å². The number of benzene rings is 1. The van der Waals surface area contributed by atoms with E-state index in [1.54, 1.807) is 38.1 Å². The second-order valence-corrected chi connectivity index (χ2v) is 7.24. The van der Waals surface area contributed by atoms with E-state index in [1.807, 2.05) is 0 Å². The molecule has 1 aromatic rings. The highest BCUT2D eigenvalue weighted by atomic mass is 16.5. The number of carbonyl (C=O) groups is 4. The first-order valence-corrected chi connectivity index (χ1v) is 10.00. The number of esters is 2. The van der Waals surface area contributed by atoms with Gasteiger partial charge in [-0.15, -0.1) is 0 Å². The Hall–Kier alpha value is -3.20. The van der Waals surface area contributed by atoms with Crippen molar-refractivity contribution in [3.05, 3.63) is 41.2 Å². The van der Waals surface area contributed by atoms with E-state index in [-0.39, 0.29) is 25.2 Å². The monoisotopic (exact) mass is 431 g/mol. The molecule has 0 aromatic heterocycles. The molecule has 0 fully saturated rings. The topological polar surface area (TPSA) is 119 Å². The third-order valence-electron chi connectivity index (χ3n) is 5.71. The van der Waals surface area contributed by atoms with Gasteiger partial charge in [-0.05, 0) is 25.5 Å². The van der Waals surface area contributed by atoms with Gasteiger partial charge in [-0.3, -0.25) is 14.4 Å². The van der Waals surface area contributed by atoms with Gasteiger partial charge in [0.2, 0.25) is 11.8 Å². The van der Waals surface area contributed by atoms with Crippen molar-refractivity contribution in [2.45, 2.75) is 38.7 Å². The Morgan fingerprint density at radius 1 is 1.16 bits per heavy atom. The molecule has 1 aromatic carbocycles. The van der Waals surface area contributed by atoms with Gasteiger partial charge >= 0.3 is 11.9 Å². The molecule has 0 saturated heterocycles. The summed E-state index contributed by atoms with van der Waals surface area (Å²) in [6.07, 6.45) is -1.27. The molecular weight excluding hydrogens is 406 g/mol. The van der Waals surface area contributed by atoms with Crippen LogP contribution in [0.2, 0.25) is 0 Å². The zero-order valence-electron chi connectivity index (χ0n) is 17.8. The summed E-state index contributed by atoms with van der Waals surface area (Å²) in [4.78, 5) is 53.3. The van der Waals surface area contributed by atoms with Gasteiger partial charge in [0.1, 0.15) is 17.1 Å². The van der Waals surface area contributed by atoms with E-state index >= 15 is 0 Å². The van der Waals surface area contributed by atoms with Crippen LogP contribution in [-0.2, 0) is 38.8 Å². The van der Waals surface area contributed by atoms with Crippen LogP contribution in [0.4, 0.5) is 5.69 Å². The Bertz CT molecular complexity index is 968. The van der Waals surface area contributed by atoms with Gasteiger partial charge in [0.05, 0.1) is 30.6 Å². The number of imide groups is 1. The highest BCUT2D eigenvalue weighted by Gasteiger charge is 2.67. The molecule has 3 atom stereocenters. The van der Waals surface area contributed by atoms with Crippen molar-refractivity contribution in [2.24, 2.45) is 5.92 Å². The van der Waals surface area contributed by atoms with Crippen LogP contribution in [0, 0.1) is 5.92 Å². The van der Waals surface area contributed by atoms with Crippen molar-refractivity contribution in [3.63, 3.8) is 0 Å². The average Bonchev–Trinajstić information content (AvgIpc) is 2.98. The predicted molar refractivity (Wildman–Crippen MR) is 108 cm³/mol. The number of aliphatic hydroxyl groups is 1. The Labute approximate surface area is 179 Å². The highest BCUT2D eigenvalue weighted by molar-refractivity contribution is 6.24. The number of hydrogen-bond donors (Lipinski definition) is 1. The van der Waals surface area contributed by atoms with E-state index in [2.05, 4.69) is 0 Å². The summed E-state index contributed by atoms with van der Waals surface area (Å²) in [7, 11) is 1.34. The number of fused-ring (bicyclic) bond motifs is 2. The molecule has 9 heteroatoms. The second-order valence-electron chi connectivity index (χ2n) is 7.24. The maximum absolute atomic E-state index is 13.9. The lowest BCUT2D eigenvalue weighted by molar-refractivity contribution is -0.160. The first-order chi connectivity index (χ1) is 14.8. The fourth-order valence-corrected chi connectivity index (χ4v) is 4.60. The number of amides is 2. The van der Waals surface area contributed by atoms with Gasteiger partial charge in [0.15, 0.2) is 0 Å². The lowest BCUT2D eigenvalue weighted by Gasteiger charge is -2.43. The molecule has 9 nitrogen and oxygen atoms in total. The van der Waals surface area contributed by atoms with Gasteiger partial charge in [0, 0.05) is 20.5 Å². The Morgan fingerprint density at radius 3 is 2.39 bits per heavy atom. The Balaban J connectivity index is 2.39. The normalized spacial score (nSPS) is 24.9. The largest absolute Gasteiger partial charge is 0.512 e. The predicted octanol–water partition coefficient (Wildman–Crippen LogP) is 1.79. The molecule has 1 spiro atoms. The van der Waals surface area contributed by atoms with Crippen LogP contribution in [0.25, 0.3) is 0 Å². The molecular formula is C22H25NO8. The molecule has 0 bridgehead atoms. The average molecular weight is 431 g/mol. The molecule has 166 valence electrons. The number of nitrogens with zero attached hydrogens (tertiary/aromatic N) is 1. The highest BCUT2D eigenvalue weighted by Crippen LogP contribution is 2.55. The van der Waals surface area contributed by atoms with Crippen LogP contribution in [0.1, 0.15) is 32.8 Å². The van der Waals surface area contributed by atoms with Gasteiger partial charge < -0.3 is 19.3 Å². The van der Waals surface area contributed by atoms with Crippen molar-refractivity contribution >= 4 is 29.4 Å². The van der Waals surface area contributed by atoms with Crippen LogP contribution in [0.3, 0.4) is 0 Å². The van der Waals surface area contributed by atoms with Crippen LogP contribution in [0.5, 0.6) is 0 Å². The number of carbonyl (C=O) groups excluding carboxylic acids is 4. The maximum Gasteiger partial charge on any atom is 0.338 e. The second kappa shape index (κ2) is 8.50. The van der Waals surface area contributed by atoms with E-state index < -0.39 is 46.9 Å². The standard InChI is InChI=1S/C22H25NO8/c1-5-30-19(26)17-15(25)11-16(29-4)22(18(17)20(27)31-6-2)13-9-7-8-10-14(13)23(12(3)24)21(22)28/h7-10,16,18,25H,5-6,11H2,1-4H3. The fourth-order valence-electron chi connectivity index (χ4n) is 4.60. The lowest BCUT2D eigenvalue weighted by atomic mass is 9.60. The third-order valence-corrected chi connectivity index (χ3v) is 5.71. The molecule has 0 saturated carbocycles. The van der Waals surface area contributed by atoms with E-state index in [1.165, 1.54) is 14.0 Å². The molecule has 1 aliphatic carbocycles. The Morgan fingerprint density at radius 2 is 1.81 bits per heavy atom. The van der Waals surface area contributed by atoms with E-state index in [4.69, 9.17) is 14.2 Å². The molecule has 3 rings (SSSR count). The van der Waals surface area contributed by atoms with Crippen molar-refractivity contribution in [1.82, 2.24) is 0 Å². The van der Waals surface area contributed by atoms with Crippen molar-refractivity contribution in [2.75, 3.05) is 25.2 Å². The van der Waals surface area contributed by atoms with Crippen molar-refractivity contribution in [3.8, 4) is 0 Å². The van der Waals surface area contributed by atoms with Crippen LogP contribution >= 0.6 is 0 Å². The molecule has 1 aliphatic heterocycles.